The van der Waals surface area contributed by atoms with Crippen molar-refractivity contribution in [3.8, 4) is 39.4 Å². The molecule has 0 aliphatic rings. The van der Waals surface area contributed by atoms with E-state index in [0.29, 0.717) is 44.2 Å². The van der Waals surface area contributed by atoms with E-state index in [9.17, 15) is 8.78 Å². The largest absolute Gasteiger partial charge is 0.418 e. The van der Waals surface area contributed by atoms with Gasteiger partial charge in [0.15, 0.2) is 50.9 Å². The number of benzene rings is 4. The van der Waals surface area contributed by atoms with Crippen LogP contribution in [0.2, 0.25) is 0 Å². The Kier molecular flexibility index (Phi) is 23.6. The molecule has 0 saturated heterocycles. The Hall–Kier alpha value is -9.43. The van der Waals surface area contributed by atoms with E-state index >= 15 is 0 Å². The number of thiazole rings is 2. The van der Waals surface area contributed by atoms with Crippen LogP contribution in [0.4, 0.5) is 37.5 Å². The third kappa shape index (κ3) is 16.3. The van der Waals surface area contributed by atoms with Crippen LogP contribution in [0.25, 0.3) is 38.2 Å². The normalized spacial score (nSPS) is 10.6. The van der Waals surface area contributed by atoms with Gasteiger partial charge in [0.25, 0.3) is 0 Å². The van der Waals surface area contributed by atoms with Gasteiger partial charge in [-0.3, -0.25) is 10.3 Å². The Balaban J connectivity index is 0.000000309. The van der Waals surface area contributed by atoms with Crippen LogP contribution in [0.15, 0.2) is 153 Å². The van der Waals surface area contributed by atoms with E-state index < -0.39 is 6.17 Å². The molecule has 0 spiro atoms. The highest BCUT2D eigenvalue weighted by Gasteiger charge is 2.21. The highest BCUT2D eigenvalue weighted by Crippen LogP contribution is 2.31. The van der Waals surface area contributed by atoms with Crippen molar-refractivity contribution in [1.29, 1.82) is 10.7 Å². The summed E-state index contributed by atoms with van der Waals surface area (Å²) in [5, 5.41) is 52.4. The third-order valence-corrected chi connectivity index (χ3v) is 10.4. The number of aromatic nitrogens is 10. The van der Waals surface area contributed by atoms with Crippen LogP contribution in [0.3, 0.4) is 0 Å². The Morgan fingerprint density at radius 1 is 0.716 bits per heavy atom. The number of aliphatic hydroxyl groups is 1. The molecule has 8 N–H and O–H groups in total. The fourth-order valence-electron chi connectivity index (χ4n) is 5.67. The fraction of sp³-hybridized carbons (Fsp3) is 0.163. The number of nitriles is 1. The zero-order valence-electron chi connectivity index (χ0n) is 37.3. The topological polar surface area (TPSA) is 313 Å². The second-order valence-electron chi connectivity index (χ2n) is 13.8. The summed E-state index contributed by atoms with van der Waals surface area (Å²) in [6.45, 7) is 8.84. The zero-order chi connectivity index (χ0) is 50.5. The van der Waals surface area contributed by atoms with Crippen LogP contribution < -0.4 is 17.2 Å². The third-order valence-electron chi connectivity index (χ3n) is 8.82. The Morgan fingerprint density at radius 2 is 1.18 bits per heavy atom. The van der Waals surface area contributed by atoms with Crippen LogP contribution >= 0.6 is 22.7 Å². The van der Waals surface area contributed by atoms with Crippen molar-refractivity contribution in [3.63, 3.8) is 0 Å². The van der Waals surface area contributed by atoms with Crippen molar-refractivity contribution in [2.24, 2.45) is 26.2 Å². The number of azo groups is 2. The zero-order valence-corrected chi connectivity index (χ0v) is 38.9. The lowest BCUT2D eigenvalue weighted by molar-refractivity contribution is 0.318. The molecule has 21 nitrogen and oxygen atoms in total. The number of hydrogen-bond acceptors (Lipinski definition) is 19. The molecule has 9 rings (SSSR count). The lowest BCUT2D eigenvalue weighted by Crippen LogP contribution is -2.14. The smallest absolute Gasteiger partial charge is 0.397 e. The molecular weight excluding hydrogens is 987 g/mol. The van der Waals surface area contributed by atoms with E-state index in [1.165, 1.54) is 39.5 Å². The quantitative estimate of drug-likeness (QED) is 0.0329. The summed E-state index contributed by atoms with van der Waals surface area (Å²) in [7, 11) is 0. The molecule has 74 heavy (non-hydrogen) atoms. The van der Waals surface area contributed by atoms with E-state index in [1.54, 1.807) is 90.7 Å². The van der Waals surface area contributed by atoms with Crippen molar-refractivity contribution in [1.82, 2.24) is 49.5 Å². The van der Waals surface area contributed by atoms with E-state index in [0.717, 1.165) is 0 Å². The maximum Gasteiger partial charge on any atom is 0.418 e. The van der Waals surface area contributed by atoms with Gasteiger partial charge < -0.3 is 22.3 Å². The van der Waals surface area contributed by atoms with Crippen molar-refractivity contribution in [3.05, 3.63) is 172 Å². The molecule has 0 aliphatic carbocycles. The second kappa shape index (κ2) is 29.7. The molecule has 5 heterocycles. The summed E-state index contributed by atoms with van der Waals surface area (Å²) in [5.74, 6) is 0.471. The molecule has 0 saturated carbocycles. The van der Waals surface area contributed by atoms with Crippen LogP contribution in [-0.4, -0.2) is 73.2 Å². The van der Waals surface area contributed by atoms with Crippen molar-refractivity contribution >= 4 is 57.2 Å². The van der Waals surface area contributed by atoms with Crippen LogP contribution in [0.5, 0.6) is 0 Å². The highest BCUT2D eigenvalue weighted by molar-refractivity contribution is 7.13. The molecule has 380 valence electrons. The molecule has 0 radical (unpaired) electrons. The standard InChI is InChI=1S/C22H17FN10S.C13H11FN6S.C9H6N4.C2H6O.3CH4/c23-15-9-5-4-6-13(15)12-33-21(22-26-10-11-34-22)29-20(32-33)19-27-17(24)16(18(25)28-19)31-30-14-7-2-1-3-8-14;14-9-4-2-1-3-8(9)7-20-12(13-17-5-6-21-13)18-11(19-20)10(15)16;1-11-9(7-10)13-12-8-5-3-2-4-6-8;1-2-3;;;/h1-11H,12H2,(H4,24,25,27,28);1-6H,7H2,(H3,15,16);2-6,9H;3H,2H2,1H3;3*1H4. The molecule has 1 atom stereocenters. The predicted octanol–water partition coefficient (Wildman–Crippen LogP) is 10.9. The van der Waals surface area contributed by atoms with Gasteiger partial charge in [0.05, 0.1) is 24.5 Å². The fourth-order valence-corrected chi connectivity index (χ4v) is 6.92. The van der Waals surface area contributed by atoms with Gasteiger partial charge in [-0.1, -0.05) is 100 Å². The maximum atomic E-state index is 14.3. The van der Waals surface area contributed by atoms with E-state index in [1.807, 2.05) is 47.2 Å². The number of nitrogens with two attached hydrogens (primary N) is 3. The molecule has 0 fully saturated rings. The number of anilines is 2. The summed E-state index contributed by atoms with van der Waals surface area (Å²) < 4.78 is 31.1. The number of nitrogens with one attached hydrogen (secondary N) is 1. The lowest BCUT2D eigenvalue weighted by Gasteiger charge is -2.05. The van der Waals surface area contributed by atoms with Crippen molar-refractivity contribution in [2.75, 3.05) is 18.1 Å². The Bertz CT molecular complexity index is 3240. The highest BCUT2D eigenvalue weighted by atomic mass is 32.1. The molecule has 9 aromatic rings. The summed E-state index contributed by atoms with van der Waals surface area (Å²) in [6, 6.07) is 32.7. The first-order valence-electron chi connectivity index (χ1n) is 20.7. The summed E-state index contributed by atoms with van der Waals surface area (Å²) in [5.41, 5.74) is 20.0. The second-order valence-corrected chi connectivity index (χ2v) is 15.6. The average Bonchev–Trinajstić information content (AvgIpc) is 4.23. The molecule has 0 aliphatic heterocycles. The number of aliphatic hydroxyl groups excluding tert-OH is 1. The summed E-state index contributed by atoms with van der Waals surface area (Å²) in [4.78, 5) is 28.7. The minimum absolute atomic E-state index is 0. The minimum Gasteiger partial charge on any atom is -0.397 e. The number of hydrogen-bond donors (Lipinski definition) is 5. The van der Waals surface area contributed by atoms with Gasteiger partial charge in [0.1, 0.15) is 11.6 Å². The van der Waals surface area contributed by atoms with Gasteiger partial charge in [-0.2, -0.15) is 10.4 Å². The molecule has 25 heteroatoms. The van der Waals surface area contributed by atoms with Crippen LogP contribution in [0, 0.1) is 34.9 Å². The first-order chi connectivity index (χ1) is 34.5. The minimum atomic E-state index is -1.03. The number of rotatable bonds is 12. The molecular formula is C49H52F2N20OS2. The van der Waals surface area contributed by atoms with E-state index in [2.05, 4.69) is 65.4 Å². The number of nitrogens with zero attached hydrogens (tertiary/aromatic N) is 16. The predicted molar refractivity (Wildman–Crippen MR) is 285 cm³/mol. The SMILES string of the molecule is C.C.C.CCO.N=C(N)c1nc(-c2nccs2)n(Cc2ccccc2F)n1.Nc1nc(-c2nc(-c3nccs3)n(Cc3ccccc3F)n2)nc(N)c1N=Nc1ccccc1.[C-]#[N+]C(C#N)N=Nc1ccccc1. The molecule has 0 bridgehead atoms. The van der Waals surface area contributed by atoms with Gasteiger partial charge in [0.2, 0.25) is 17.5 Å². The molecule has 1 unspecified atom stereocenters. The van der Waals surface area contributed by atoms with Crippen LogP contribution in [0.1, 0.15) is 46.2 Å². The van der Waals surface area contributed by atoms with Crippen molar-refractivity contribution in [2.45, 2.75) is 48.5 Å². The van der Waals surface area contributed by atoms with E-state index in [-0.39, 0.29) is 94.2 Å². The first-order valence-corrected chi connectivity index (χ1v) is 22.5. The van der Waals surface area contributed by atoms with Gasteiger partial charge in [-0.25, -0.2) is 54.6 Å². The number of amidine groups is 1. The monoisotopic (exact) mass is 1040 g/mol. The summed E-state index contributed by atoms with van der Waals surface area (Å²) >= 11 is 2.77. The molecule has 0 amide bonds. The van der Waals surface area contributed by atoms with Gasteiger partial charge >= 0.3 is 6.17 Å². The Morgan fingerprint density at radius 3 is 1.62 bits per heavy atom. The number of halogens is 2. The van der Waals surface area contributed by atoms with E-state index in [4.69, 9.17) is 39.6 Å². The lowest BCUT2D eigenvalue weighted by atomic mass is 10.2. The van der Waals surface area contributed by atoms with Gasteiger partial charge in [-0.05, 0) is 43.3 Å². The van der Waals surface area contributed by atoms with Gasteiger partial charge in [0, 0.05) is 40.9 Å². The molecule has 5 aromatic heterocycles. The van der Waals surface area contributed by atoms with Crippen LogP contribution in [-0.2, 0) is 13.1 Å². The van der Waals surface area contributed by atoms with Gasteiger partial charge in [-0.15, -0.1) is 43.1 Å². The summed E-state index contributed by atoms with van der Waals surface area (Å²) in [6.07, 6.45) is 2.27. The molecule has 4 aromatic carbocycles. The number of nitrogen functional groups attached to an aromatic ring is 3. The first kappa shape index (κ1) is 58.9. The Labute approximate surface area is 433 Å². The maximum absolute atomic E-state index is 14.3. The average molecular weight is 1040 g/mol. The van der Waals surface area contributed by atoms with Crippen molar-refractivity contribution < 1.29 is 13.9 Å².